The van der Waals surface area contributed by atoms with Gasteiger partial charge in [0.1, 0.15) is 5.52 Å². The summed E-state index contributed by atoms with van der Waals surface area (Å²) in [5.41, 5.74) is 3.31. The van der Waals surface area contributed by atoms with Crippen LogP contribution in [0.3, 0.4) is 0 Å². The number of amides is 1. The number of nitrogens with zero attached hydrogens (tertiary/aromatic N) is 3. The monoisotopic (exact) mass is 347 g/mol. The quantitative estimate of drug-likeness (QED) is 0.727. The van der Waals surface area contributed by atoms with Crippen molar-refractivity contribution in [3.8, 4) is 0 Å². The van der Waals surface area contributed by atoms with Gasteiger partial charge in [-0.3, -0.25) is 9.69 Å². The van der Waals surface area contributed by atoms with E-state index in [1.807, 2.05) is 29.2 Å². The van der Waals surface area contributed by atoms with Crippen molar-refractivity contribution < 1.29 is 9.21 Å². The van der Waals surface area contributed by atoms with E-state index in [-0.39, 0.29) is 5.91 Å². The molecule has 0 radical (unpaired) electrons. The van der Waals surface area contributed by atoms with Gasteiger partial charge >= 0.3 is 0 Å². The fourth-order valence-electron chi connectivity index (χ4n) is 3.21. The first-order valence-corrected chi connectivity index (χ1v) is 8.86. The summed E-state index contributed by atoms with van der Waals surface area (Å²) >= 11 is 0. The largest absolute Gasteiger partial charge is 0.443 e. The van der Waals surface area contributed by atoms with Gasteiger partial charge in [0.2, 0.25) is 0 Å². The van der Waals surface area contributed by atoms with Crippen molar-refractivity contribution in [1.29, 1.82) is 0 Å². The van der Waals surface area contributed by atoms with E-state index in [4.69, 9.17) is 4.42 Å². The average molecular weight is 347 g/mol. The Hall–Kier alpha value is -2.92. The molecule has 1 saturated heterocycles. The molecule has 0 unspecified atom stereocenters. The average Bonchev–Trinajstić information content (AvgIpc) is 3.17. The van der Waals surface area contributed by atoms with Crippen molar-refractivity contribution in [3.63, 3.8) is 0 Å². The normalized spacial score (nSPS) is 15.8. The zero-order chi connectivity index (χ0) is 17.8. The highest BCUT2D eigenvalue weighted by Crippen LogP contribution is 2.16. The first-order valence-electron chi connectivity index (χ1n) is 8.86. The van der Waals surface area contributed by atoms with Crippen LogP contribution in [-0.4, -0.2) is 53.4 Å². The van der Waals surface area contributed by atoms with Crippen LogP contribution in [0.2, 0.25) is 0 Å². The summed E-state index contributed by atoms with van der Waals surface area (Å²) in [6, 6.07) is 15.7. The van der Waals surface area contributed by atoms with E-state index in [1.165, 1.54) is 12.0 Å². The zero-order valence-corrected chi connectivity index (χ0v) is 14.5. The molecule has 1 aliphatic rings. The first kappa shape index (κ1) is 16.5. The maximum Gasteiger partial charge on any atom is 0.254 e. The van der Waals surface area contributed by atoms with Gasteiger partial charge in [-0.05, 0) is 23.8 Å². The van der Waals surface area contributed by atoms with Gasteiger partial charge in [-0.15, -0.1) is 0 Å². The van der Waals surface area contributed by atoms with Gasteiger partial charge in [-0.2, -0.15) is 0 Å². The van der Waals surface area contributed by atoms with Crippen LogP contribution in [0.15, 0.2) is 65.4 Å². The molecule has 4 rings (SSSR count). The molecule has 5 heteroatoms. The van der Waals surface area contributed by atoms with Crippen molar-refractivity contribution >= 4 is 23.1 Å². The number of rotatable bonds is 4. The molecule has 0 atom stereocenters. The number of piperazine rings is 1. The minimum absolute atomic E-state index is 0.0642. The number of aromatic nitrogens is 1. The third-order valence-electron chi connectivity index (χ3n) is 4.71. The maximum absolute atomic E-state index is 12.7. The van der Waals surface area contributed by atoms with Crippen LogP contribution in [0, 0.1) is 0 Å². The Morgan fingerprint density at radius 2 is 1.88 bits per heavy atom. The summed E-state index contributed by atoms with van der Waals surface area (Å²) in [5.74, 6) is 0.0642. The summed E-state index contributed by atoms with van der Waals surface area (Å²) in [6.07, 6.45) is 5.73. The van der Waals surface area contributed by atoms with Crippen LogP contribution in [0.4, 0.5) is 0 Å². The highest BCUT2D eigenvalue weighted by atomic mass is 16.3. The zero-order valence-electron chi connectivity index (χ0n) is 14.5. The van der Waals surface area contributed by atoms with Gasteiger partial charge in [0.15, 0.2) is 12.0 Å². The van der Waals surface area contributed by atoms with Crippen molar-refractivity contribution in [2.24, 2.45) is 0 Å². The Kier molecular flexibility index (Phi) is 4.80. The Bertz CT molecular complexity index is 909. The molecule has 3 aromatic rings. The Labute approximate surface area is 152 Å². The molecule has 1 fully saturated rings. The molecule has 1 aromatic heterocycles. The Balaban J connectivity index is 1.31. The SMILES string of the molecule is O=C(c1ccc2ocnc2c1)N1CCN(C/C=C/c2ccccc2)CC1. The number of hydrogen-bond acceptors (Lipinski definition) is 4. The van der Waals surface area contributed by atoms with E-state index < -0.39 is 0 Å². The summed E-state index contributed by atoms with van der Waals surface area (Å²) in [6.45, 7) is 4.17. The molecule has 1 aliphatic heterocycles. The van der Waals surface area contributed by atoms with Crippen molar-refractivity contribution in [3.05, 3.63) is 72.1 Å². The molecule has 1 amide bonds. The minimum Gasteiger partial charge on any atom is -0.443 e. The van der Waals surface area contributed by atoms with Gasteiger partial charge in [-0.25, -0.2) is 4.98 Å². The molecule has 0 saturated carbocycles. The van der Waals surface area contributed by atoms with E-state index >= 15 is 0 Å². The van der Waals surface area contributed by atoms with E-state index in [1.54, 1.807) is 12.1 Å². The highest BCUT2D eigenvalue weighted by Gasteiger charge is 2.22. The van der Waals surface area contributed by atoms with Crippen LogP contribution in [0.5, 0.6) is 0 Å². The smallest absolute Gasteiger partial charge is 0.254 e. The van der Waals surface area contributed by atoms with E-state index in [0.29, 0.717) is 11.1 Å². The van der Waals surface area contributed by atoms with Gasteiger partial charge in [0.05, 0.1) is 0 Å². The lowest BCUT2D eigenvalue weighted by Crippen LogP contribution is -2.48. The maximum atomic E-state index is 12.7. The number of carbonyl (C=O) groups is 1. The van der Waals surface area contributed by atoms with Crippen molar-refractivity contribution in [1.82, 2.24) is 14.8 Å². The molecule has 26 heavy (non-hydrogen) atoms. The molecule has 5 nitrogen and oxygen atoms in total. The van der Waals surface area contributed by atoms with Gasteiger partial charge < -0.3 is 9.32 Å². The van der Waals surface area contributed by atoms with Gasteiger partial charge in [-0.1, -0.05) is 42.5 Å². The van der Waals surface area contributed by atoms with Crippen LogP contribution in [0.25, 0.3) is 17.2 Å². The second-order valence-corrected chi connectivity index (χ2v) is 6.44. The van der Waals surface area contributed by atoms with E-state index in [2.05, 4.69) is 34.2 Å². The van der Waals surface area contributed by atoms with Crippen LogP contribution >= 0.6 is 0 Å². The fourth-order valence-corrected chi connectivity index (χ4v) is 3.21. The summed E-state index contributed by atoms with van der Waals surface area (Å²) in [7, 11) is 0. The van der Waals surface area contributed by atoms with Gasteiger partial charge in [0, 0.05) is 38.3 Å². The van der Waals surface area contributed by atoms with E-state index in [9.17, 15) is 4.79 Å². The second kappa shape index (κ2) is 7.54. The van der Waals surface area contributed by atoms with Crippen LogP contribution in [0.1, 0.15) is 15.9 Å². The Morgan fingerprint density at radius 3 is 2.69 bits per heavy atom. The second-order valence-electron chi connectivity index (χ2n) is 6.44. The highest BCUT2D eigenvalue weighted by molar-refractivity contribution is 5.97. The number of oxazole rings is 1. The molecule has 2 heterocycles. The molecule has 0 bridgehead atoms. The predicted octanol–water partition coefficient (Wildman–Crippen LogP) is 3.30. The van der Waals surface area contributed by atoms with Crippen LogP contribution < -0.4 is 0 Å². The molecule has 0 N–H and O–H groups in total. The first-order chi connectivity index (χ1) is 12.8. The number of hydrogen-bond donors (Lipinski definition) is 0. The summed E-state index contributed by atoms with van der Waals surface area (Å²) < 4.78 is 5.23. The third kappa shape index (κ3) is 3.68. The molecular formula is C21H21N3O2. The third-order valence-corrected chi connectivity index (χ3v) is 4.71. The molecule has 0 spiro atoms. The van der Waals surface area contributed by atoms with Crippen molar-refractivity contribution in [2.45, 2.75) is 0 Å². The predicted molar refractivity (Wildman–Crippen MR) is 102 cm³/mol. The van der Waals surface area contributed by atoms with Crippen LogP contribution in [-0.2, 0) is 0 Å². The lowest BCUT2D eigenvalue weighted by atomic mass is 10.1. The standard InChI is InChI=1S/C21H21N3O2/c25-21(18-8-9-20-19(15-18)22-16-26-20)24-13-11-23(12-14-24)10-4-7-17-5-2-1-3-6-17/h1-9,15-16H,10-14H2/b7-4+. The molecule has 0 aliphatic carbocycles. The number of fused-ring (bicyclic) bond motifs is 1. The number of carbonyl (C=O) groups excluding carboxylic acids is 1. The minimum atomic E-state index is 0.0642. The molecular weight excluding hydrogens is 326 g/mol. The lowest BCUT2D eigenvalue weighted by Gasteiger charge is -2.34. The lowest BCUT2D eigenvalue weighted by molar-refractivity contribution is 0.0650. The van der Waals surface area contributed by atoms with Crippen molar-refractivity contribution in [2.75, 3.05) is 32.7 Å². The topological polar surface area (TPSA) is 49.6 Å². The molecule has 132 valence electrons. The van der Waals surface area contributed by atoms with E-state index in [0.717, 1.165) is 38.2 Å². The fraction of sp³-hybridized carbons (Fsp3) is 0.238. The Morgan fingerprint density at radius 1 is 1.08 bits per heavy atom. The molecule has 2 aromatic carbocycles. The number of benzene rings is 2. The summed E-state index contributed by atoms with van der Waals surface area (Å²) in [5, 5.41) is 0. The summed E-state index contributed by atoms with van der Waals surface area (Å²) in [4.78, 5) is 21.1. The van der Waals surface area contributed by atoms with Gasteiger partial charge in [0.25, 0.3) is 5.91 Å².